The first kappa shape index (κ1) is 19.4. The van der Waals surface area contributed by atoms with Crippen molar-refractivity contribution in [2.45, 2.75) is 44.4 Å². The van der Waals surface area contributed by atoms with Crippen LogP contribution >= 0.6 is 27.7 Å². The quantitative estimate of drug-likeness (QED) is 0.716. The molecular formula is C18H26BrNO3S. The number of rotatable bonds is 7. The first-order chi connectivity index (χ1) is 11.5. The third-order valence-corrected chi connectivity index (χ3v) is 6.22. The maximum Gasteiger partial charge on any atom is 0.230 e. The molecule has 0 heterocycles. The van der Waals surface area contributed by atoms with E-state index in [1.807, 2.05) is 12.1 Å². The van der Waals surface area contributed by atoms with Crippen LogP contribution < -0.4 is 14.8 Å². The lowest BCUT2D eigenvalue weighted by Crippen LogP contribution is -2.41. The minimum Gasteiger partial charge on any atom is -0.493 e. The van der Waals surface area contributed by atoms with Gasteiger partial charge in [0, 0.05) is 16.3 Å². The van der Waals surface area contributed by atoms with Gasteiger partial charge in [-0.05, 0) is 36.5 Å². The minimum atomic E-state index is 0.135. The van der Waals surface area contributed by atoms with Crippen molar-refractivity contribution in [2.75, 3.05) is 20.0 Å². The van der Waals surface area contributed by atoms with Gasteiger partial charge >= 0.3 is 0 Å². The molecule has 0 radical (unpaired) electrons. The van der Waals surface area contributed by atoms with Gasteiger partial charge < -0.3 is 14.8 Å². The summed E-state index contributed by atoms with van der Waals surface area (Å²) in [7, 11) is 3.25. The lowest BCUT2D eigenvalue weighted by Gasteiger charge is -2.29. The summed E-state index contributed by atoms with van der Waals surface area (Å²) in [6.07, 6.45) is 4.84. The van der Waals surface area contributed by atoms with Crippen molar-refractivity contribution >= 4 is 33.6 Å². The van der Waals surface area contributed by atoms with Crippen molar-refractivity contribution in [1.29, 1.82) is 0 Å². The summed E-state index contributed by atoms with van der Waals surface area (Å²) in [5, 5.41) is 3.19. The van der Waals surface area contributed by atoms with Crippen molar-refractivity contribution < 1.29 is 14.3 Å². The Morgan fingerprint density at radius 2 is 1.92 bits per heavy atom. The van der Waals surface area contributed by atoms with E-state index in [2.05, 4.69) is 28.2 Å². The highest BCUT2D eigenvalue weighted by molar-refractivity contribution is 9.10. The van der Waals surface area contributed by atoms with Gasteiger partial charge in [-0.3, -0.25) is 4.79 Å². The Bertz CT molecular complexity index is 567. The molecule has 0 saturated heterocycles. The van der Waals surface area contributed by atoms with Crippen molar-refractivity contribution in [2.24, 2.45) is 5.92 Å². The first-order valence-electron chi connectivity index (χ1n) is 8.32. The number of amides is 1. The number of ether oxygens (including phenoxy) is 2. The summed E-state index contributed by atoms with van der Waals surface area (Å²) in [4.78, 5) is 12.2. The molecule has 1 N–H and O–H groups in total. The smallest absolute Gasteiger partial charge is 0.230 e. The Kier molecular flexibility index (Phi) is 7.75. The first-order valence-corrected chi connectivity index (χ1v) is 10.3. The van der Waals surface area contributed by atoms with E-state index in [9.17, 15) is 4.79 Å². The molecule has 1 aromatic rings. The summed E-state index contributed by atoms with van der Waals surface area (Å²) >= 11 is 5.17. The van der Waals surface area contributed by atoms with E-state index in [4.69, 9.17) is 9.47 Å². The maximum atomic E-state index is 12.2. The lowest BCUT2D eigenvalue weighted by molar-refractivity contribution is -0.119. The number of halogens is 1. The van der Waals surface area contributed by atoms with Gasteiger partial charge in [-0.1, -0.05) is 35.7 Å². The fourth-order valence-electron chi connectivity index (χ4n) is 3.04. The van der Waals surface area contributed by atoms with E-state index in [1.165, 1.54) is 19.3 Å². The van der Waals surface area contributed by atoms with Crippen LogP contribution in [-0.4, -0.2) is 31.9 Å². The number of carbonyl (C=O) groups is 1. The van der Waals surface area contributed by atoms with Gasteiger partial charge in [-0.15, -0.1) is 11.8 Å². The number of methoxy groups -OCH3 is 2. The summed E-state index contributed by atoms with van der Waals surface area (Å²) in [5.74, 6) is 3.35. The summed E-state index contributed by atoms with van der Waals surface area (Å²) in [5.41, 5.74) is 1.09. The van der Waals surface area contributed by atoms with Crippen molar-refractivity contribution in [3.8, 4) is 11.5 Å². The third kappa shape index (κ3) is 5.31. The molecule has 1 aliphatic rings. The molecule has 1 fully saturated rings. The maximum absolute atomic E-state index is 12.2. The van der Waals surface area contributed by atoms with Gasteiger partial charge in [0.15, 0.2) is 11.5 Å². The van der Waals surface area contributed by atoms with Gasteiger partial charge in [0.25, 0.3) is 0 Å². The molecule has 2 atom stereocenters. The Morgan fingerprint density at radius 3 is 2.58 bits per heavy atom. The molecule has 1 aliphatic carbocycles. The highest BCUT2D eigenvalue weighted by Gasteiger charge is 2.22. The normalized spacial score (nSPS) is 20.5. The van der Waals surface area contributed by atoms with Gasteiger partial charge in [-0.25, -0.2) is 0 Å². The molecule has 0 spiro atoms. The number of hydrogen-bond acceptors (Lipinski definition) is 4. The van der Waals surface area contributed by atoms with E-state index in [-0.39, 0.29) is 5.91 Å². The number of benzene rings is 1. The van der Waals surface area contributed by atoms with E-state index in [0.29, 0.717) is 29.2 Å². The van der Waals surface area contributed by atoms with E-state index in [0.717, 1.165) is 22.2 Å². The Hall–Kier alpha value is -0.880. The molecule has 0 unspecified atom stereocenters. The Labute approximate surface area is 157 Å². The molecule has 1 saturated carbocycles. The number of carbonyl (C=O) groups excluding carboxylic acids is 1. The van der Waals surface area contributed by atoms with Crippen LogP contribution in [0.2, 0.25) is 0 Å². The monoisotopic (exact) mass is 415 g/mol. The average Bonchev–Trinajstić information content (AvgIpc) is 2.58. The van der Waals surface area contributed by atoms with Crippen molar-refractivity contribution in [3.05, 3.63) is 22.2 Å². The summed E-state index contributed by atoms with van der Waals surface area (Å²) in [6, 6.07) is 4.20. The molecule has 24 heavy (non-hydrogen) atoms. The number of thioether (sulfide) groups is 1. The summed E-state index contributed by atoms with van der Waals surface area (Å²) < 4.78 is 11.6. The van der Waals surface area contributed by atoms with Gasteiger partial charge in [-0.2, -0.15) is 0 Å². The molecule has 0 bridgehead atoms. The molecular weight excluding hydrogens is 390 g/mol. The topological polar surface area (TPSA) is 47.6 Å². The highest BCUT2D eigenvalue weighted by Crippen LogP contribution is 2.34. The predicted molar refractivity (Wildman–Crippen MR) is 103 cm³/mol. The predicted octanol–water partition coefficient (Wildman–Crippen LogP) is 4.39. The molecule has 0 aromatic heterocycles. The largest absolute Gasteiger partial charge is 0.493 e. The second-order valence-electron chi connectivity index (χ2n) is 6.23. The second kappa shape index (κ2) is 9.56. The van der Waals surface area contributed by atoms with E-state index < -0.39 is 0 Å². The fraction of sp³-hybridized carbons (Fsp3) is 0.611. The molecule has 0 aliphatic heterocycles. The van der Waals surface area contributed by atoms with E-state index >= 15 is 0 Å². The number of nitrogens with one attached hydrogen (secondary N) is 1. The van der Waals surface area contributed by atoms with Crippen LogP contribution in [0.4, 0.5) is 0 Å². The molecule has 134 valence electrons. The zero-order chi connectivity index (χ0) is 17.5. The summed E-state index contributed by atoms with van der Waals surface area (Å²) in [6.45, 7) is 2.23. The molecule has 1 amide bonds. The third-order valence-electron chi connectivity index (χ3n) is 4.50. The van der Waals surface area contributed by atoms with Crippen LogP contribution in [0.15, 0.2) is 16.6 Å². The van der Waals surface area contributed by atoms with Crippen molar-refractivity contribution in [1.82, 2.24) is 5.32 Å². The molecule has 1 aromatic carbocycles. The standard InChI is InChI=1S/C18H26BrNO3S/c1-12-6-4-5-7-15(12)20-18(21)11-24-10-13-8-16(22-2)17(23-3)9-14(13)19/h8-9,12,15H,4-7,10-11H2,1-3H3,(H,20,21)/t12-,15-/m1/s1. The van der Waals surface area contributed by atoms with Crippen LogP contribution in [-0.2, 0) is 10.5 Å². The fourth-order valence-corrected chi connectivity index (χ4v) is 4.52. The zero-order valence-corrected chi connectivity index (χ0v) is 17.0. The molecule has 6 heteroatoms. The Morgan fingerprint density at radius 1 is 1.25 bits per heavy atom. The Balaban J connectivity index is 1.84. The highest BCUT2D eigenvalue weighted by atomic mass is 79.9. The zero-order valence-electron chi connectivity index (χ0n) is 14.6. The van der Waals surface area contributed by atoms with Gasteiger partial charge in [0.05, 0.1) is 20.0 Å². The average molecular weight is 416 g/mol. The van der Waals surface area contributed by atoms with Crippen molar-refractivity contribution in [3.63, 3.8) is 0 Å². The lowest BCUT2D eigenvalue weighted by atomic mass is 9.86. The van der Waals surface area contributed by atoms with Crippen LogP contribution in [0.5, 0.6) is 11.5 Å². The van der Waals surface area contributed by atoms with Gasteiger partial charge in [0.2, 0.25) is 5.91 Å². The molecule has 2 rings (SSSR count). The second-order valence-corrected chi connectivity index (χ2v) is 8.07. The SMILES string of the molecule is COc1cc(Br)c(CSCC(=O)N[C@@H]2CCCC[C@H]2C)cc1OC. The van der Waals surface area contributed by atoms with Gasteiger partial charge in [0.1, 0.15) is 0 Å². The van der Waals surface area contributed by atoms with Crippen LogP contribution in [0, 0.1) is 5.92 Å². The minimum absolute atomic E-state index is 0.135. The number of hydrogen-bond donors (Lipinski definition) is 1. The van der Waals surface area contributed by atoms with Crippen LogP contribution in [0.25, 0.3) is 0 Å². The van der Waals surface area contributed by atoms with E-state index in [1.54, 1.807) is 26.0 Å². The van der Waals surface area contributed by atoms with Crippen LogP contribution in [0.1, 0.15) is 38.2 Å². The molecule has 4 nitrogen and oxygen atoms in total. The van der Waals surface area contributed by atoms with Crippen LogP contribution in [0.3, 0.4) is 0 Å².